The van der Waals surface area contributed by atoms with Gasteiger partial charge < -0.3 is 9.64 Å². The van der Waals surface area contributed by atoms with Crippen molar-refractivity contribution < 1.29 is 4.74 Å². The van der Waals surface area contributed by atoms with E-state index in [-0.39, 0.29) is 0 Å². The van der Waals surface area contributed by atoms with Crippen molar-refractivity contribution in [2.45, 2.75) is 13.8 Å². The summed E-state index contributed by atoms with van der Waals surface area (Å²) >= 11 is 0. The summed E-state index contributed by atoms with van der Waals surface area (Å²) in [6.45, 7) is 5.77. The SMILES string of the molecule is CC(C)CN(COc1ccc([N+]#N)cc1)c1cccc2ccccc12. The lowest BCUT2D eigenvalue weighted by Crippen LogP contribution is -2.31. The average Bonchev–Trinajstić information content (AvgIpc) is 2.65. The van der Waals surface area contributed by atoms with Gasteiger partial charge in [0.1, 0.15) is 5.75 Å². The van der Waals surface area contributed by atoms with Gasteiger partial charge in [-0.2, -0.15) is 0 Å². The second-order valence-corrected chi connectivity index (χ2v) is 6.48. The van der Waals surface area contributed by atoms with E-state index in [0.29, 0.717) is 18.3 Å². The maximum Gasteiger partial charge on any atom is 0.385 e. The van der Waals surface area contributed by atoms with Crippen LogP contribution in [0.5, 0.6) is 5.75 Å². The maximum absolute atomic E-state index is 8.77. The largest absolute Gasteiger partial charge is 0.473 e. The van der Waals surface area contributed by atoms with Crippen LogP contribution in [0.2, 0.25) is 0 Å². The van der Waals surface area contributed by atoms with Crippen molar-refractivity contribution in [3.63, 3.8) is 0 Å². The number of hydrogen-bond acceptors (Lipinski definition) is 3. The summed E-state index contributed by atoms with van der Waals surface area (Å²) in [7, 11) is 0. The molecule has 0 saturated heterocycles. The fraction of sp³-hybridized carbons (Fsp3) is 0.238. The monoisotopic (exact) mass is 332 g/mol. The minimum atomic E-state index is 0.460. The van der Waals surface area contributed by atoms with Gasteiger partial charge in [0.25, 0.3) is 0 Å². The number of fused-ring (bicyclic) bond motifs is 1. The molecule has 0 N–H and O–H groups in total. The highest BCUT2D eigenvalue weighted by atomic mass is 16.5. The Morgan fingerprint density at radius 3 is 2.40 bits per heavy atom. The van der Waals surface area contributed by atoms with E-state index in [0.717, 1.165) is 12.3 Å². The smallest absolute Gasteiger partial charge is 0.385 e. The molecule has 4 heteroatoms. The Morgan fingerprint density at radius 1 is 0.960 bits per heavy atom. The normalized spacial score (nSPS) is 10.6. The molecule has 0 saturated carbocycles. The lowest BCUT2D eigenvalue weighted by molar-refractivity contribution is 0.307. The fourth-order valence-electron chi connectivity index (χ4n) is 2.91. The van der Waals surface area contributed by atoms with E-state index in [4.69, 9.17) is 10.1 Å². The maximum atomic E-state index is 8.77. The van der Waals surface area contributed by atoms with Gasteiger partial charge in [-0.1, -0.05) is 50.2 Å². The molecule has 3 aromatic carbocycles. The molecule has 0 fully saturated rings. The quantitative estimate of drug-likeness (QED) is 0.421. The molecule has 0 aliphatic carbocycles. The van der Waals surface area contributed by atoms with Gasteiger partial charge >= 0.3 is 5.69 Å². The van der Waals surface area contributed by atoms with Crippen LogP contribution in [-0.2, 0) is 0 Å². The van der Waals surface area contributed by atoms with Crippen LogP contribution < -0.4 is 9.64 Å². The van der Waals surface area contributed by atoms with Gasteiger partial charge in [0.2, 0.25) is 5.39 Å². The summed E-state index contributed by atoms with van der Waals surface area (Å²) in [5.41, 5.74) is 1.69. The summed E-state index contributed by atoms with van der Waals surface area (Å²) in [5.74, 6) is 1.26. The summed E-state index contributed by atoms with van der Waals surface area (Å²) < 4.78 is 5.97. The lowest BCUT2D eigenvalue weighted by Gasteiger charge is -2.28. The van der Waals surface area contributed by atoms with Gasteiger partial charge in [0.05, 0.1) is 0 Å². The van der Waals surface area contributed by atoms with Crippen LogP contribution in [0.3, 0.4) is 0 Å². The van der Waals surface area contributed by atoms with Gasteiger partial charge in [-0.15, -0.1) is 0 Å². The Morgan fingerprint density at radius 2 is 1.68 bits per heavy atom. The minimum absolute atomic E-state index is 0.460. The molecule has 126 valence electrons. The van der Waals surface area contributed by atoms with Crippen molar-refractivity contribution in [3.8, 4) is 5.75 Å². The number of benzene rings is 3. The number of anilines is 1. The molecule has 0 spiro atoms. The van der Waals surface area contributed by atoms with E-state index >= 15 is 0 Å². The van der Waals surface area contributed by atoms with E-state index in [1.165, 1.54) is 16.5 Å². The zero-order valence-electron chi connectivity index (χ0n) is 14.6. The van der Waals surface area contributed by atoms with E-state index < -0.39 is 0 Å². The molecule has 0 bridgehead atoms. The van der Waals surface area contributed by atoms with E-state index in [1.807, 2.05) is 12.1 Å². The van der Waals surface area contributed by atoms with Crippen molar-refractivity contribution in [2.24, 2.45) is 5.92 Å². The molecule has 0 amide bonds. The molecule has 0 heterocycles. The van der Waals surface area contributed by atoms with Gasteiger partial charge in [-0.25, -0.2) is 0 Å². The average molecular weight is 332 g/mol. The molecule has 0 aliphatic heterocycles. The number of ether oxygens (including phenoxy) is 1. The van der Waals surface area contributed by atoms with Gasteiger partial charge in [0.15, 0.2) is 11.7 Å². The highest BCUT2D eigenvalue weighted by molar-refractivity contribution is 5.94. The highest BCUT2D eigenvalue weighted by Gasteiger charge is 2.13. The molecule has 0 radical (unpaired) electrons. The van der Waals surface area contributed by atoms with Crippen molar-refractivity contribution in [2.75, 3.05) is 18.2 Å². The number of rotatable bonds is 6. The molecule has 3 rings (SSSR count). The molecule has 0 aromatic heterocycles. The summed E-state index contributed by atoms with van der Waals surface area (Å²) in [6, 6.07) is 21.8. The zero-order valence-corrected chi connectivity index (χ0v) is 14.6. The van der Waals surface area contributed by atoms with Gasteiger partial charge in [-0.05, 0) is 29.5 Å². The molecule has 4 nitrogen and oxygen atoms in total. The topological polar surface area (TPSA) is 40.6 Å². The van der Waals surface area contributed by atoms with E-state index in [2.05, 4.69) is 66.2 Å². The van der Waals surface area contributed by atoms with Gasteiger partial charge in [0, 0.05) is 29.8 Å². The Balaban J connectivity index is 1.85. The standard InChI is InChI=1S/C21H22N3O/c1-16(2)14-24(15-25-19-12-10-18(23-22)11-13-19)21-9-5-7-17-6-3-4-8-20(17)21/h3-13,16H,14-15H2,1-2H3/q+1. The predicted molar refractivity (Wildman–Crippen MR) is 103 cm³/mol. The number of hydrogen-bond donors (Lipinski definition) is 0. The third-order valence-electron chi connectivity index (χ3n) is 4.03. The zero-order chi connectivity index (χ0) is 17.6. The van der Waals surface area contributed by atoms with E-state index in [9.17, 15) is 0 Å². The molecule has 3 aromatic rings. The van der Waals surface area contributed by atoms with Crippen LogP contribution in [0, 0.1) is 11.3 Å². The molecule has 25 heavy (non-hydrogen) atoms. The Labute approximate surface area is 148 Å². The first-order chi connectivity index (χ1) is 12.2. The van der Waals surface area contributed by atoms with Crippen LogP contribution in [0.25, 0.3) is 15.7 Å². The summed E-state index contributed by atoms with van der Waals surface area (Å²) in [4.78, 5) is 5.42. The third kappa shape index (κ3) is 4.07. The second-order valence-electron chi connectivity index (χ2n) is 6.48. The van der Waals surface area contributed by atoms with Crippen molar-refractivity contribution in [3.05, 3.63) is 71.7 Å². The van der Waals surface area contributed by atoms with Crippen molar-refractivity contribution in [1.29, 1.82) is 5.39 Å². The molecule has 0 aliphatic rings. The number of diazo groups is 1. The lowest BCUT2D eigenvalue weighted by atomic mass is 10.1. The van der Waals surface area contributed by atoms with Crippen LogP contribution in [0.4, 0.5) is 11.4 Å². The number of nitrogens with zero attached hydrogens (tertiary/aromatic N) is 3. The summed E-state index contributed by atoms with van der Waals surface area (Å²) in [6.07, 6.45) is 0. The first kappa shape index (κ1) is 16.8. The van der Waals surface area contributed by atoms with Crippen molar-refractivity contribution >= 4 is 22.1 Å². The fourth-order valence-corrected chi connectivity index (χ4v) is 2.91. The first-order valence-corrected chi connectivity index (χ1v) is 8.48. The molecule has 0 atom stereocenters. The van der Waals surface area contributed by atoms with Crippen LogP contribution >= 0.6 is 0 Å². The van der Waals surface area contributed by atoms with Crippen LogP contribution in [-0.4, -0.2) is 13.3 Å². The van der Waals surface area contributed by atoms with Crippen LogP contribution in [0.1, 0.15) is 13.8 Å². The molecular formula is C21H22N3O+. The first-order valence-electron chi connectivity index (χ1n) is 8.48. The second kappa shape index (κ2) is 7.67. The minimum Gasteiger partial charge on any atom is -0.473 e. The third-order valence-corrected chi connectivity index (χ3v) is 4.03. The summed E-state index contributed by atoms with van der Waals surface area (Å²) in [5, 5.41) is 11.2. The highest BCUT2D eigenvalue weighted by Crippen LogP contribution is 2.28. The van der Waals surface area contributed by atoms with Gasteiger partial charge in [-0.3, -0.25) is 0 Å². The molecule has 0 unspecified atom stereocenters. The Hall–Kier alpha value is -3.06. The molecular weight excluding hydrogens is 310 g/mol. The van der Waals surface area contributed by atoms with Crippen LogP contribution in [0.15, 0.2) is 66.7 Å². The van der Waals surface area contributed by atoms with E-state index in [1.54, 1.807) is 12.1 Å². The van der Waals surface area contributed by atoms with Crippen molar-refractivity contribution in [1.82, 2.24) is 0 Å². The predicted octanol–water partition coefficient (Wildman–Crippen LogP) is 5.82. The Kier molecular flexibility index (Phi) is 5.15. The Bertz CT molecular complexity index is 876.